The van der Waals surface area contributed by atoms with E-state index in [1.807, 2.05) is 23.5 Å². The second kappa shape index (κ2) is 19.0. The Morgan fingerprint density at radius 1 is 1.14 bits per heavy atom. The van der Waals surface area contributed by atoms with Crippen molar-refractivity contribution in [1.29, 1.82) is 0 Å². The smallest absolute Gasteiger partial charge is 0.308 e. The number of methoxy groups -OCH3 is 1. The summed E-state index contributed by atoms with van der Waals surface area (Å²) >= 11 is 4.03. The highest BCUT2D eigenvalue weighted by Gasteiger charge is 2.06. The Balaban J connectivity index is -0.000000252. The number of unbranched alkanes of at least 4 members (excludes halogenated alkanes) is 2. The van der Waals surface area contributed by atoms with Crippen LogP contribution in [0.2, 0.25) is 0 Å². The molecule has 0 atom stereocenters. The normalized spacial score (nSPS) is 13.0. The number of ether oxygens (including phenoxy) is 1. The summed E-state index contributed by atoms with van der Waals surface area (Å²) in [6.07, 6.45) is 5.46. The van der Waals surface area contributed by atoms with Gasteiger partial charge < -0.3 is 4.74 Å². The molecule has 0 N–H and O–H groups in total. The molecule has 0 spiro atoms. The molecular weight excluding hydrogens is 312 g/mol. The van der Waals surface area contributed by atoms with Crippen LogP contribution in [0.1, 0.15) is 74.7 Å². The molecule has 0 radical (unpaired) electrons. The fourth-order valence-electron chi connectivity index (χ4n) is 1.31. The molecule has 0 amide bonds. The Morgan fingerprint density at radius 3 is 1.73 bits per heavy atom. The Morgan fingerprint density at radius 2 is 1.59 bits per heavy atom. The number of carbonyl (C=O) groups excluding carboxylic acids is 1. The summed E-state index contributed by atoms with van der Waals surface area (Å²) in [5.41, 5.74) is 1.49. The van der Waals surface area contributed by atoms with Crippen molar-refractivity contribution in [3.05, 3.63) is 9.81 Å². The van der Waals surface area contributed by atoms with Crippen molar-refractivity contribution >= 4 is 29.5 Å². The summed E-state index contributed by atoms with van der Waals surface area (Å²) in [6, 6.07) is 0. The first-order valence-corrected chi connectivity index (χ1v) is 9.88. The number of hydrogen-bond acceptors (Lipinski definition) is 4. The van der Waals surface area contributed by atoms with Gasteiger partial charge in [-0.05, 0) is 31.8 Å². The second-order valence-corrected chi connectivity index (χ2v) is 7.84. The molecule has 1 fully saturated rings. The first kappa shape index (κ1) is 26.8. The van der Waals surface area contributed by atoms with E-state index in [2.05, 4.69) is 32.4 Å². The zero-order valence-corrected chi connectivity index (χ0v) is 16.6. The highest BCUT2D eigenvalue weighted by Crippen LogP contribution is 2.36. The average molecular weight is 351 g/mol. The minimum atomic E-state index is -0.153. The molecule has 22 heavy (non-hydrogen) atoms. The minimum Gasteiger partial charge on any atom is -0.469 e. The van der Waals surface area contributed by atoms with Crippen LogP contribution in [0.25, 0.3) is 0 Å². The summed E-state index contributed by atoms with van der Waals surface area (Å²) in [5, 5.41) is 0. The molecule has 0 saturated carbocycles. The Labute approximate surface area is 148 Å². The summed E-state index contributed by atoms with van der Waals surface area (Å²) in [5.74, 6) is 2.51. The molecule has 1 heterocycles. The lowest BCUT2D eigenvalue weighted by Crippen LogP contribution is -2.07. The fourth-order valence-corrected chi connectivity index (χ4v) is 3.85. The van der Waals surface area contributed by atoms with Crippen molar-refractivity contribution in [2.24, 2.45) is 5.92 Å². The predicted molar refractivity (Wildman–Crippen MR) is 107 cm³/mol. The molecule has 1 rings (SSSR count). The summed E-state index contributed by atoms with van der Waals surface area (Å²) in [7, 11) is 1.39. The van der Waals surface area contributed by atoms with Gasteiger partial charge in [0.25, 0.3) is 0 Å². The van der Waals surface area contributed by atoms with Crippen molar-refractivity contribution in [2.75, 3.05) is 18.6 Å². The number of esters is 1. The summed E-state index contributed by atoms with van der Waals surface area (Å²) in [4.78, 5) is 10.3. The molecule has 0 unspecified atom stereocenters. The molecule has 0 aromatic heterocycles. The quantitative estimate of drug-likeness (QED) is 0.525. The van der Waals surface area contributed by atoms with Gasteiger partial charge >= 0.3 is 5.97 Å². The number of carbonyl (C=O) groups is 1. The zero-order valence-electron chi connectivity index (χ0n) is 15.0. The van der Waals surface area contributed by atoms with Gasteiger partial charge in [-0.2, -0.15) is 0 Å². The molecule has 2 nitrogen and oxygen atoms in total. The van der Waals surface area contributed by atoms with Gasteiger partial charge in [-0.1, -0.05) is 60.0 Å². The molecular formula is C18H38O2S2. The van der Waals surface area contributed by atoms with Crippen LogP contribution in [-0.2, 0) is 9.53 Å². The van der Waals surface area contributed by atoms with E-state index in [9.17, 15) is 4.79 Å². The maximum atomic E-state index is 10.3. The topological polar surface area (TPSA) is 26.3 Å². The third kappa shape index (κ3) is 18.0. The largest absolute Gasteiger partial charge is 0.469 e. The monoisotopic (exact) mass is 350 g/mol. The van der Waals surface area contributed by atoms with Crippen molar-refractivity contribution in [3.8, 4) is 0 Å². The molecule has 134 valence electrons. The molecule has 1 aliphatic heterocycles. The van der Waals surface area contributed by atoms with Crippen molar-refractivity contribution in [2.45, 2.75) is 74.7 Å². The average Bonchev–Trinajstić information content (AvgIpc) is 2.49. The van der Waals surface area contributed by atoms with Crippen LogP contribution in [0, 0.1) is 5.92 Å². The van der Waals surface area contributed by atoms with Crippen LogP contribution < -0.4 is 0 Å². The first-order chi connectivity index (χ1) is 9.90. The van der Waals surface area contributed by atoms with E-state index in [0.717, 1.165) is 0 Å². The van der Waals surface area contributed by atoms with Crippen LogP contribution in [0.3, 0.4) is 0 Å². The number of thioether (sulfide) groups is 2. The SMILES string of the molecule is C.CC(C)=C1SCCCS1.CCCCC.COC(=O)C(C)C. The predicted octanol–water partition coefficient (Wildman–Crippen LogP) is 6.76. The number of allylic oxidation sites excluding steroid dienone is 1. The standard InChI is InChI=1S/C7H12S2.C5H10O2.C5H12.CH4/c1-6(2)7-8-4-3-5-9-7;1-4(2)5(6)7-3;1-3-5-4-2;/h3-5H2,1-2H3;4H,1-3H3;3-5H2,1-2H3;1H4. The number of rotatable bonds is 3. The number of hydrogen-bond donors (Lipinski definition) is 0. The van der Waals surface area contributed by atoms with Crippen LogP contribution >= 0.6 is 23.5 Å². The third-order valence-corrected chi connectivity index (χ3v) is 5.58. The highest BCUT2D eigenvalue weighted by molar-refractivity contribution is 8.22. The zero-order chi connectivity index (χ0) is 16.7. The van der Waals surface area contributed by atoms with Crippen LogP contribution in [0.5, 0.6) is 0 Å². The van der Waals surface area contributed by atoms with E-state index >= 15 is 0 Å². The maximum absolute atomic E-state index is 10.3. The van der Waals surface area contributed by atoms with E-state index in [4.69, 9.17) is 0 Å². The second-order valence-electron chi connectivity index (χ2n) is 5.37. The van der Waals surface area contributed by atoms with Gasteiger partial charge in [0.05, 0.1) is 13.0 Å². The maximum Gasteiger partial charge on any atom is 0.308 e. The highest BCUT2D eigenvalue weighted by atomic mass is 32.2. The Bertz CT molecular complexity index is 273. The van der Waals surface area contributed by atoms with Crippen molar-refractivity contribution in [3.63, 3.8) is 0 Å². The lowest BCUT2D eigenvalue weighted by atomic mass is 10.2. The van der Waals surface area contributed by atoms with E-state index in [0.29, 0.717) is 0 Å². The molecule has 0 aromatic carbocycles. The molecule has 1 aliphatic rings. The minimum absolute atomic E-state index is 0. The van der Waals surface area contributed by atoms with Gasteiger partial charge in [-0.3, -0.25) is 4.79 Å². The summed E-state index contributed by atoms with van der Waals surface area (Å²) < 4.78 is 5.93. The molecule has 1 saturated heterocycles. The lowest BCUT2D eigenvalue weighted by Gasteiger charge is -2.13. The molecule has 0 bridgehead atoms. The van der Waals surface area contributed by atoms with Crippen LogP contribution in [-0.4, -0.2) is 24.6 Å². The fraction of sp³-hybridized carbons (Fsp3) is 0.833. The molecule has 0 aliphatic carbocycles. The van der Waals surface area contributed by atoms with E-state index in [1.165, 1.54) is 49.9 Å². The molecule has 4 heteroatoms. The van der Waals surface area contributed by atoms with Gasteiger partial charge in [-0.15, -0.1) is 23.5 Å². The summed E-state index contributed by atoms with van der Waals surface area (Å²) in [6.45, 7) is 12.4. The van der Waals surface area contributed by atoms with Crippen molar-refractivity contribution in [1.82, 2.24) is 0 Å². The lowest BCUT2D eigenvalue weighted by molar-refractivity contribution is -0.144. The Hall–Kier alpha value is -0.0900. The Kier molecular flexibility index (Phi) is 23.1. The van der Waals surface area contributed by atoms with Crippen LogP contribution in [0.15, 0.2) is 9.81 Å². The van der Waals surface area contributed by atoms with Gasteiger partial charge in [0, 0.05) is 4.24 Å². The third-order valence-electron chi connectivity index (χ3n) is 2.54. The van der Waals surface area contributed by atoms with E-state index < -0.39 is 0 Å². The van der Waals surface area contributed by atoms with Crippen molar-refractivity contribution < 1.29 is 9.53 Å². The van der Waals surface area contributed by atoms with Gasteiger partial charge in [-0.25, -0.2) is 0 Å². The van der Waals surface area contributed by atoms with E-state index in [-0.39, 0.29) is 19.3 Å². The van der Waals surface area contributed by atoms with E-state index in [1.54, 1.807) is 18.1 Å². The van der Waals surface area contributed by atoms with Gasteiger partial charge in [0.1, 0.15) is 0 Å². The van der Waals surface area contributed by atoms with Gasteiger partial charge in [0.15, 0.2) is 0 Å². The first-order valence-electron chi connectivity index (χ1n) is 7.91. The van der Waals surface area contributed by atoms with Gasteiger partial charge in [0.2, 0.25) is 0 Å². The molecule has 0 aromatic rings. The van der Waals surface area contributed by atoms with Crippen LogP contribution in [0.4, 0.5) is 0 Å².